The van der Waals surface area contributed by atoms with E-state index in [-0.39, 0.29) is 18.0 Å². The molecular formula is C31H20F2N4O. The first-order chi connectivity index (χ1) is 18.6. The molecule has 2 aliphatic heterocycles. The zero-order chi connectivity index (χ0) is 25.8. The lowest BCUT2D eigenvalue weighted by atomic mass is 10.0. The molecular weight excluding hydrogens is 482 g/mol. The Bertz CT molecular complexity index is 2020. The lowest BCUT2D eigenvalue weighted by Gasteiger charge is -2.15. The van der Waals surface area contributed by atoms with Crippen molar-refractivity contribution in [1.82, 2.24) is 19.3 Å². The number of hydrogen-bond donors (Lipinski definition) is 1. The average Bonchev–Trinajstić information content (AvgIpc) is 3.54. The van der Waals surface area contributed by atoms with Crippen molar-refractivity contribution >= 4 is 21.8 Å². The molecule has 7 rings (SSSR count). The number of aromatic nitrogens is 4. The number of fused-ring (bicyclic) bond motifs is 4. The summed E-state index contributed by atoms with van der Waals surface area (Å²) in [6, 6.07) is 26.7. The van der Waals surface area contributed by atoms with Gasteiger partial charge in [-0.1, -0.05) is 48.5 Å². The first-order valence-electron chi connectivity index (χ1n) is 12.2. The summed E-state index contributed by atoms with van der Waals surface area (Å²) in [6.07, 6.45) is 3.56. The third kappa shape index (κ3) is 3.51. The van der Waals surface area contributed by atoms with Gasteiger partial charge in [0.1, 0.15) is 23.0 Å². The molecule has 7 heteroatoms. The van der Waals surface area contributed by atoms with Crippen molar-refractivity contribution in [2.24, 2.45) is 0 Å². The fraction of sp³-hybridized carbons (Fsp3) is 0.0323. The molecule has 38 heavy (non-hydrogen) atoms. The standard InChI is InChI=1S/C31H20F2N4O/c32-25-6-2-4-8-29(25)37-31(38)24-18-36(28-7-3-1-5-23(28)30(24)35-37)17-22-10-9-20(16-26(22)33)19-11-12-27-21(15-19)13-14-34-27/h1-16,18,34H,17H2. The molecule has 0 saturated carbocycles. The summed E-state index contributed by atoms with van der Waals surface area (Å²) < 4.78 is 32.8. The second-order valence-electron chi connectivity index (χ2n) is 9.29. The van der Waals surface area contributed by atoms with Gasteiger partial charge in [0.25, 0.3) is 5.56 Å². The zero-order valence-corrected chi connectivity index (χ0v) is 20.0. The predicted octanol–water partition coefficient (Wildman–Crippen LogP) is 6.77. The second-order valence-corrected chi connectivity index (χ2v) is 9.29. The molecule has 184 valence electrons. The van der Waals surface area contributed by atoms with Gasteiger partial charge in [-0.05, 0) is 59.0 Å². The molecule has 0 saturated heterocycles. The third-order valence-corrected chi connectivity index (χ3v) is 6.99. The Morgan fingerprint density at radius 3 is 2.47 bits per heavy atom. The molecule has 0 bridgehead atoms. The van der Waals surface area contributed by atoms with Crippen LogP contribution in [0.2, 0.25) is 0 Å². The highest BCUT2D eigenvalue weighted by Gasteiger charge is 2.22. The van der Waals surface area contributed by atoms with E-state index >= 15 is 4.39 Å². The minimum absolute atomic E-state index is 0.0868. The van der Waals surface area contributed by atoms with Crippen LogP contribution in [0.1, 0.15) is 5.56 Å². The van der Waals surface area contributed by atoms with Gasteiger partial charge >= 0.3 is 0 Å². The maximum atomic E-state index is 15.4. The molecule has 0 unspecified atom stereocenters. The van der Waals surface area contributed by atoms with Gasteiger partial charge in [-0.3, -0.25) is 4.79 Å². The fourth-order valence-electron chi connectivity index (χ4n) is 5.07. The lowest BCUT2D eigenvalue weighted by molar-refractivity contribution is 0.602. The van der Waals surface area contributed by atoms with Crippen LogP contribution in [0.15, 0.2) is 108 Å². The molecule has 1 N–H and O–H groups in total. The van der Waals surface area contributed by atoms with Gasteiger partial charge in [-0.2, -0.15) is 9.78 Å². The molecule has 1 aromatic heterocycles. The Balaban J connectivity index is 1.33. The summed E-state index contributed by atoms with van der Waals surface area (Å²) in [5.74, 6) is -0.870. The molecule has 0 amide bonds. The van der Waals surface area contributed by atoms with E-state index in [1.807, 2.05) is 65.4 Å². The maximum Gasteiger partial charge on any atom is 0.282 e. The Kier molecular flexibility index (Phi) is 4.97. The second kappa shape index (κ2) is 8.52. The van der Waals surface area contributed by atoms with Crippen molar-refractivity contribution in [2.75, 3.05) is 0 Å². The average molecular weight is 503 g/mol. The number of benzene rings is 4. The van der Waals surface area contributed by atoms with Crippen molar-refractivity contribution in [2.45, 2.75) is 6.54 Å². The highest BCUT2D eigenvalue weighted by molar-refractivity contribution is 5.94. The summed E-state index contributed by atoms with van der Waals surface area (Å²) in [5.41, 5.74) is 4.49. The van der Waals surface area contributed by atoms with Crippen LogP contribution >= 0.6 is 0 Å². The molecule has 0 spiro atoms. The van der Waals surface area contributed by atoms with Crippen molar-refractivity contribution in [3.05, 3.63) is 131 Å². The summed E-state index contributed by atoms with van der Waals surface area (Å²) in [7, 11) is 0. The van der Waals surface area contributed by atoms with Crippen LogP contribution in [0.5, 0.6) is 0 Å². The Hall–Kier alpha value is -5.04. The minimum atomic E-state index is -0.535. The summed E-state index contributed by atoms with van der Waals surface area (Å²) in [6.45, 7) is 0.212. The SMILES string of the molecule is O=c1c2cn(Cc3ccc(-c4ccc5[nH]ccc5c4)cc3F)c3ccccc3c-2nn1-c1ccccc1F. The van der Waals surface area contributed by atoms with Gasteiger partial charge in [0.15, 0.2) is 0 Å². The van der Waals surface area contributed by atoms with Crippen LogP contribution in [0.3, 0.4) is 0 Å². The van der Waals surface area contributed by atoms with Gasteiger partial charge in [0, 0.05) is 28.9 Å². The number of para-hydroxylation sites is 2. The van der Waals surface area contributed by atoms with Crippen molar-refractivity contribution in [3.63, 3.8) is 0 Å². The van der Waals surface area contributed by atoms with Crippen LogP contribution in [0.4, 0.5) is 8.78 Å². The number of aromatic amines is 1. The van der Waals surface area contributed by atoms with Gasteiger partial charge in [-0.15, -0.1) is 0 Å². The Morgan fingerprint density at radius 2 is 1.61 bits per heavy atom. The van der Waals surface area contributed by atoms with Crippen LogP contribution in [-0.4, -0.2) is 19.3 Å². The molecule has 5 aromatic rings. The minimum Gasteiger partial charge on any atom is -0.361 e. The summed E-state index contributed by atoms with van der Waals surface area (Å²) in [4.78, 5) is 16.5. The first-order valence-corrected chi connectivity index (χ1v) is 12.2. The van der Waals surface area contributed by atoms with E-state index in [0.29, 0.717) is 16.8 Å². The molecule has 3 heterocycles. The Labute approximate surface area is 215 Å². The van der Waals surface area contributed by atoms with Crippen LogP contribution in [0.25, 0.3) is 49.9 Å². The van der Waals surface area contributed by atoms with Crippen molar-refractivity contribution in [1.29, 1.82) is 0 Å². The van der Waals surface area contributed by atoms with Gasteiger partial charge in [0.05, 0.1) is 17.6 Å². The van der Waals surface area contributed by atoms with E-state index in [0.717, 1.165) is 37.6 Å². The molecule has 5 nitrogen and oxygen atoms in total. The third-order valence-electron chi connectivity index (χ3n) is 6.99. The fourth-order valence-corrected chi connectivity index (χ4v) is 5.07. The van der Waals surface area contributed by atoms with Crippen molar-refractivity contribution in [3.8, 4) is 28.1 Å². The van der Waals surface area contributed by atoms with Gasteiger partial charge in [0.2, 0.25) is 0 Å². The number of nitrogens with one attached hydrogen (secondary N) is 1. The Morgan fingerprint density at radius 1 is 0.816 bits per heavy atom. The maximum absolute atomic E-state index is 15.4. The highest BCUT2D eigenvalue weighted by Crippen LogP contribution is 2.30. The van der Waals surface area contributed by atoms with E-state index in [4.69, 9.17) is 0 Å². The number of hydrogen-bond acceptors (Lipinski definition) is 2. The van der Waals surface area contributed by atoms with Crippen LogP contribution in [0, 0.1) is 11.6 Å². The van der Waals surface area contributed by atoms with E-state index in [1.165, 1.54) is 12.1 Å². The largest absolute Gasteiger partial charge is 0.361 e. The van der Waals surface area contributed by atoms with E-state index < -0.39 is 11.4 Å². The van der Waals surface area contributed by atoms with Gasteiger partial charge in [-0.25, -0.2) is 8.78 Å². The molecule has 4 aromatic carbocycles. The molecule has 0 fully saturated rings. The van der Waals surface area contributed by atoms with Crippen LogP contribution < -0.4 is 5.56 Å². The number of H-pyrrole nitrogens is 1. The van der Waals surface area contributed by atoms with E-state index in [2.05, 4.69) is 10.1 Å². The zero-order valence-electron chi connectivity index (χ0n) is 20.0. The van der Waals surface area contributed by atoms with Crippen LogP contribution in [-0.2, 0) is 6.54 Å². The molecule has 0 aliphatic carbocycles. The monoisotopic (exact) mass is 502 g/mol. The van der Waals surface area contributed by atoms with Crippen molar-refractivity contribution < 1.29 is 8.78 Å². The number of nitrogens with zero attached hydrogens (tertiary/aromatic N) is 3. The lowest BCUT2D eigenvalue weighted by Crippen LogP contribution is -2.16. The smallest absolute Gasteiger partial charge is 0.282 e. The number of halogens is 2. The molecule has 2 aliphatic rings. The first kappa shape index (κ1) is 22.2. The van der Waals surface area contributed by atoms with E-state index in [9.17, 15) is 9.18 Å². The van der Waals surface area contributed by atoms with E-state index in [1.54, 1.807) is 30.5 Å². The van der Waals surface area contributed by atoms with Gasteiger partial charge < -0.3 is 9.55 Å². The molecule has 0 radical (unpaired) electrons. The number of pyridine rings is 1. The summed E-state index contributed by atoms with van der Waals surface area (Å²) >= 11 is 0. The number of rotatable bonds is 4. The molecule has 0 atom stereocenters. The quantitative estimate of drug-likeness (QED) is 0.289. The summed E-state index contributed by atoms with van der Waals surface area (Å²) in [5, 5.41) is 6.27. The predicted molar refractivity (Wildman–Crippen MR) is 145 cm³/mol. The normalized spacial score (nSPS) is 11.6. The topological polar surface area (TPSA) is 55.6 Å². The highest BCUT2D eigenvalue weighted by atomic mass is 19.1.